The third kappa shape index (κ3) is 5.37. The third-order valence-electron chi connectivity index (χ3n) is 7.31. The number of nitrogens with zero attached hydrogens (tertiary/aromatic N) is 2. The maximum absolute atomic E-state index is 7.60. The minimum absolute atomic E-state index is 0. The molecule has 4 aromatic carbocycles. The van der Waals surface area contributed by atoms with Gasteiger partial charge in [0.25, 0.3) is 0 Å². The summed E-state index contributed by atoms with van der Waals surface area (Å²) in [6, 6.07) is 30.4. The summed E-state index contributed by atoms with van der Waals surface area (Å²) < 4.78 is 0. The first-order valence-corrected chi connectivity index (χ1v) is 13.0. The van der Waals surface area contributed by atoms with Crippen LogP contribution >= 0.6 is 11.6 Å². The third-order valence-corrected chi connectivity index (χ3v) is 7.72. The van der Waals surface area contributed by atoms with Crippen molar-refractivity contribution in [2.24, 2.45) is 0 Å². The number of hydrogen-bond acceptors (Lipinski definition) is 2. The molecule has 0 saturated carbocycles. The monoisotopic (exact) mass is 528 g/mol. The fraction of sp³-hybridized carbons (Fsp3) is 0.194. The molecule has 0 unspecified atom stereocenters. The zero-order valence-corrected chi connectivity index (χ0v) is 26.9. The van der Waals surface area contributed by atoms with Crippen LogP contribution in [0.2, 0.25) is 0 Å². The topological polar surface area (TPSA) is 6.48 Å². The summed E-state index contributed by atoms with van der Waals surface area (Å²) >= 11 is 7.60. The molecule has 37 heavy (non-hydrogen) atoms. The fourth-order valence-corrected chi connectivity index (χ4v) is 6.51. The van der Waals surface area contributed by atoms with Crippen LogP contribution in [-0.2, 0) is 0 Å². The molecule has 5 rings (SSSR count). The molecule has 4 aromatic rings. The van der Waals surface area contributed by atoms with E-state index in [1.54, 1.807) is 0 Å². The van der Waals surface area contributed by atoms with Crippen molar-refractivity contribution in [3.05, 3.63) is 123 Å². The molecule has 1 aliphatic heterocycles. The van der Waals surface area contributed by atoms with Crippen LogP contribution in [0.3, 0.4) is 0 Å². The van der Waals surface area contributed by atoms with Crippen molar-refractivity contribution < 1.29 is 51.4 Å². The number of para-hydroxylation sites is 2. The van der Waals surface area contributed by atoms with Gasteiger partial charge in [0.15, 0.2) is 13.7 Å². The van der Waals surface area contributed by atoms with Gasteiger partial charge in [-0.2, -0.15) is 0 Å². The van der Waals surface area contributed by atoms with E-state index in [2.05, 4.69) is 136 Å². The Morgan fingerprint density at radius 2 is 0.838 bits per heavy atom. The van der Waals surface area contributed by atoms with Gasteiger partial charge < -0.3 is 21.4 Å². The van der Waals surface area contributed by atoms with Crippen molar-refractivity contribution in [1.29, 1.82) is 0 Å². The van der Waals surface area contributed by atoms with Crippen molar-refractivity contribution in [2.75, 3.05) is 9.84 Å². The Morgan fingerprint density at radius 3 is 1.14 bits per heavy atom. The number of anilines is 2. The molecular weight excluding hydrogens is 497 g/mol. The molecule has 0 amide bonds. The number of halogens is 1. The molecule has 1 heterocycles. The summed E-state index contributed by atoms with van der Waals surface area (Å²) in [5, 5.41) is 0.924. The van der Waals surface area contributed by atoms with E-state index in [1.165, 1.54) is 44.3 Å². The maximum atomic E-state index is 7.60. The van der Waals surface area contributed by atoms with Gasteiger partial charge >= 0.3 is 51.4 Å². The van der Waals surface area contributed by atoms with Gasteiger partial charge in [-0.15, -0.1) is 0 Å². The normalized spacial score (nSPS) is 13.8. The molecule has 2 nitrogen and oxygen atoms in total. The van der Waals surface area contributed by atoms with Crippen LogP contribution in [0.4, 0.5) is 11.4 Å². The molecule has 1 fully saturated rings. The van der Waals surface area contributed by atoms with Gasteiger partial charge in [-0.1, -0.05) is 105 Å². The molecule has 0 radical (unpaired) electrons. The van der Waals surface area contributed by atoms with E-state index < -0.39 is 0 Å². The molecule has 0 atom stereocenters. The van der Waals surface area contributed by atoms with Crippen molar-refractivity contribution in [3.8, 4) is 0 Å². The summed E-state index contributed by atoms with van der Waals surface area (Å²) in [7, 11) is 0. The molecule has 0 aliphatic carbocycles. The second kappa shape index (κ2) is 11.7. The van der Waals surface area contributed by atoms with Gasteiger partial charge in [-0.25, -0.2) is 5.18 Å². The molecule has 0 aromatic heterocycles. The Kier molecular flexibility index (Phi) is 9.05. The Hall–Kier alpha value is -1.46. The number of aryl methyl sites for hydroxylation is 6. The fourth-order valence-electron chi connectivity index (χ4n) is 6.11. The first kappa shape index (κ1) is 28.5. The van der Waals surface area contributed by atoms with Crippen molar-refractivity contribution >= 4 is 47.6 Å². The van der Waals surface area contributed by atoms with E-state index in [0.29, 0.717) is 0 Å². The van der Waals surface area contributed by atoms with E-state index in [9.17, 15) is 0 Å². The van der Waals surface area contributed by atoms with Gasteiger partial charge in [0.05, 0.1) is 0 Å². The van der Waals surface area contributed by atoms with Gasteiger partial charge in [0.1, 0.15) is 0 Å². The van der Waals surface area contributed by atoms with Crippen LogP contribution in [0.25, 0.3) is 0 Å². The zero-order chi connectivity index (χ0) is 25.6. The largest absolute Gasteiger partial charge is 1.00 e. The molecule has 180 valence electrons. The Labute approximate surface area is 271 Å². The minimum Gasteiger partial charge on any atom is -0.374 e. The maximum Gasteiger partial charge on any atom is 1.00 e. The summed E-state index contributed by atoms with van der Waals surface area (Å²) in [5.74, 6) is 0. The van der Waals surface area contributed by atoms with E-state index in [1.807, 2.05) is 0 Å². The average molecular weight is 529 g/mol. The second-order valence-corrected chi connectivity index (χ2v) is 10.6. The minimum atomic E-state index is -0.111. The molecule has 6 heteroatoms. The second-order valence-electron chi connectivity index (χ2n) is 10.2. The molecule has 1 aliphatic rings. The van der Waals surface area contributed by atoms with Crippen LogP contribution in [0, 0.1) is 46.7 Å². The number of hydrazine groups is 1. The van der Waals surface area contributed by atoms with Crippen LogP contribution < -0.4 is 72.1 Å². The molecule has 1 saturated heterocycles. The van der Waals surface area contributed by atoms with Crippen LogP contribution in [0.1, 0.15) is 33.4 Å². The first-order chi connectivity index (χ1) is 17.3. The van der Waals surface area contributed by atoms with Gasteiger partial charge in [-0.05, 0) is 65.8 Å². The van der Waals surface area contributed by atoms with Crippen LogP contribution in [-0.4, -0.2) is 13.7 Å². The number of rotatable bonds is 4. The summed E-state index contributed by atoms with van der Waals surface area (Å²) in [4.78, 5) is 4.82. The predicted molar refractivity (Wildman–Crippen MR) is 159 cm³/mol. The molecule has 0 N–H and O–H groups in total. The Morgan fingerprint density at radius 1 is 0.541 bits per heavy atom. The molecular formula is C31H32B2ClKN2. The summed E-state index contributed by atoms with van der Waals surface area (Å²) in [6.07, 6.45) is 0. The van der Waals surface area contributed by atoms with Crippen LogP contribution in [0.15, 0.2) is 84.9 Å². The van der Waals surface area contributed by atoms with Crippen molar-refractivity contribution in [2.45, 2.75) is 41.5 Å². The molecule has 0 bridgehead atoms. The van der Waals surface area contributed by atoms with Gasteiger partial charge in [0, 0.05) is 11.4 Å². The number of benzene rings is 4. The van der Waals surface area contributed by atoms with E-state index in [-0.39, 0.29) is 65.1 Å². The van der Waals surface area contributed by atoms with E-state index in [0.717, 1.165) is 16.6 Å². The Bertz CT molecular complexity index is 1240. The SMILES string of the molecule is Cc1cc(C)c(B2[C-](Cl)B(c3c(C)cc(C)cc3C)N(c3ccccc3)N2c2ccccc2)c(C)c1.[K+]. The van der Waals surface area contributed by atoms with Gasteiger partial charge in [-0.3, -0.25) is 0 Å². The number of hydrogen-bond donors (Lipinski definition) is 0. The smallest absolute Gasteiger partial charge is 0.374 e. The average Bonchev–Trinajstić information content (AvgIpc) is 3.11. The predicted octanol–water partition coefficient (Wildman–Crippen LogP) is 3.43. The first-order valence-electron chi connectivity index (χ1n) is 12.6. The molecule has 0 spiro atoms. The van der Waals surface area contributed by atoms with E-state index >= 15 is 0 Å². The zero-order valence-electron chi connectivity index (χ0n) is 23.0. The quantitative estimate of drug-likeness (QED) is 0.296. The van der Waals surface area contributed by atoms with E-state index in [4.69, 9.17) is 11.6 Å². The standard InChI is InChI=1S/C31H32B2ClN2.K/c1-21-17-23(3)29(24(4)18-21)32-31(34)33(30-25(5)19-22(2)20-26(30)6)36(28-15-11-8-12-16-28)35(32)27-13-9-7-10-14-27;/h7-20H,1-6H3;/q-1;+1. The summed E-state index contributed by atoms with van der Waals surface area (Å²) in [5.41, 5.74) is 12.4. The van der Waals surface area contributed by atoms with Crippen molar-refractivity contribution in [1.82, 2.24) is 0 Å². The Balaban J connectivity index is 0.00000320. The summed E-state index contributed by atoms with van der Waals surface area (Å²) in [6.45, 7) is 13.0. The van der Waals surface area contributed by atoms with Gasteiger partial charge in [0.2, 0.25) is 0 Å². The van der Waals surface area contributed by atoms with Crippen LogP contribution in [0.5, 0.6) is 0 Å². The van der Waals surface area contributed by atoms with Crippen molar-refractivity contribution in [3.63, 3.8) is 0 Å².